The molecule has 0 fully saturated rings. The number of aryl methyl sites for hydroxylation is 1. The standard InChI is InChI=1S/C7H7Br.C7H6O/c1-6-3-2-4-7(8)5-6;8-6-7-4-2-1-3-5-7/h2-5H,1H3;1-6H. The van der Waals surface area contributed by atoms with E-state index in [2.05, 4.69) is 35.0 Å². The van der Waals surface area contributed by atoms with Crippen LogP contribution in [0.3, 0.4) is 0 Å². The molecular weight excluding hydrogens is 264 g/mol. The van der Waals surface area contributed by atoms with Crippen LogP contribution in [0.1, 0.15) is 15.9 Å². The molecule has 0 bridgehead atoms. The minimum atomic E-state index is 0.729. The van der Waals surface area contributed by atoms with Gasteiger partial charge < -0.3 is 0 Å². The lowest BCUT2D eigenvalue weighted by molar-refractivity contribution is 0.112. The van der Waals surface area contributed by atoms with Crippen molar-refractivity contribution < 1.29 is 4.79 Å². The molecule has 0 amide bonds. The van der Waals surface area contributed by atoms with Crippen LogP contribution in [-0.2, 0) is 0 Å². The molecule has 0 unspecified atom stereocenters. The second kappa shape index (κ2) is 6.96. The molecule has 0 aliphatic heterocycles. The molecule has 0 atom stereocenters. The van der Waals surface area contributed by atoms with Gasteiger partial charge in [0.05, 0.1) is 0 Å². The summed E-state index contributed by atoms with van der Waals surface area (Å²) in [5, 5.41) is 0. The Morgan fingerprint density at radius 2 is 1.69 bits per heavy atom. The summed E-state index contributed by atoms with van der Waals surface area (Å²) in [6, 6.07) is 17.3. The van der Waals surface area contributed by atoms with Crippen LogP contribution in [0.5, 0.6) is 0 Å². The summed E-state index contributed by atoms with van der Waals surface area (Å²) in [4.78, 5) is 10.0. The smallest absolute Gasteiger partial charge is 0.150 e. The maximum Gasteiger partial charge on any atom is 0.150 e. The molecule has 0 saturated carbocycles. The van der Waals surface area contributed by atoms with Crippen LogP contribution < -0.4 is 0 Å². The van der Waals surface area contributed by atoms with Gasteiger partial charge in [-0.2, -0.15) is 0 Å². The molecule has 0 saturated heterocycles. The largest absolute Gasteiger partial charge is 0.298 e. The van der Waals surface area contributed by atoms with Crippen molar-refractivity contribution >= 4 is 22.2 Å². The molecule has 2 rings (SSSR count). The molecular formula is C14H13BrO. The lowest BCUT2D eigenvalue weighted by atomic mass is 10.2. The number of aldehydes is 1. The molecule has 0 radical (unpaired) electrons. The third kappa shape index (κ3) is 4.89. The summed E-state index contributed by atoms with van der Waals surface area (Å²) in [5.74, 6) is 0. The highest BCUT2D eigenvalue weighted by molar-refractivity contribution is 9.10. The van der Waals surface area contributed by atoms with Crippen LogP contribution in [0.15, 0.2) is 59.1 Å². The van der Waals surface area contributed by atoms with Crippen LogP contribution in [0.25, 0.3) is 0 Å². The van der Waals surface area contributed by atoms with Crippen molar-refractivity contribution in [3.63, 3.8) is 0 Å². The number of benzene rings is 2. The topological polar surface area (TPSA) is 17.1 Å². The van der Waals surface area contributed by atoms with E-state index < -0.39 is 0 Å². The summed E-state index contributed by atoms with van der Waals surface area (Å²) in [5.41, 5.74) is 2.02. The maximum atomic E-state index is 10.0. The number of carbonyl (C=O) groups is 1. The SMILES string of the molecule is Cc1cccc(Br)c1.O=Cc1ccccc1. The van der Waals surface area contributed by atoms with Crippen molar-refractivity contribution in [3.8, 4) is 0 Å². The fourth-order valence-electron chi connectivity index (χ4n) is 1.14. The van der Waals surface area contributed by atoms with Gasteiger partial charge in [-0.3, -0.25) is 4.79 Å². The van der Waals surface area contributed by atoms with E-state index in [1.807, 2.05) is 30.3 Å². The van der Waals surface area contributed by atoms with Crippen molar-refractivity contribution in [2.45, 2.75) is 6.92 Å². The molecule has 82 valence electrons. The molecule has 0 aromatic heterocycles. The van der Waals surface area contributed by atoms with E-state index in [0.29, 0.717) is 0 Å². The Labute approximate surface area is 104 Å². The first-order chi connectivity index (χ1) is 7.72. The average Bonchev–Trinajstić information content (AvgIpc) is 2.31. The fraction of sp³-hybridized carbons (Fsp3) is 0.0714. The van der Waals surface area contributed by atoms with Gasteiger partial charge in [-0.1, -0.05) is 64.0 Å². The number of hydrogen-bond donors (Lipinski definition) is 0. The lowest BCUT2D eigenvalue weighted by Gasteiger charge is -1.89. The van der Waals surface area contributed by atoms with Gasteiger partial charge in [0.2, 0.25) is 0 Å². The minimum absolute atomic E-state index is 0.729. The van der Waals surface area contributed by atoms with Gasteiger partial charge in [0.25, 0.3) is 0 Å². The first kappa shape index (κ1) is 12.7. The number of rotatable bonds is 1. The predicted octanol–water partition coefficient (Wildman–Crippen LogP) is 4.26. The van der Waals surface area contributed by atoms with Crippen molar-refractivity contribution in [1.29, 1.82) is 0 Å². The predicted molar refractivity (Wildman–Crippen MR) is 70.7 cm³/mol. The maximum absolute atomic E-state index is 10.0. The molecule has 16 heavy (non-hydrogen) atoms. The second-order valence-electron chi connectivity index (χ2n) is 3.33. The molecule has 0 N–H and O–H groups in total. The first-order valence-corrected chi connectivity index (χ1v) is 5.74. The van der Waals surface area contributed by atoms with Gasteiger partial charge in [0.1, 0.15) is 6.29 Å². The van der Waals surface area contributed by atoms with Crippen LogP contribution in [0, 0.1) is 6.92 Å². The van der Waals surface area contributed by atoms with Crippen LogP contribution in [0.2, 0.25) is 0 Å². The van der Waals surface area contributed by atoms with Crippen molar-refractivity contribution in [3.05, 3.63) is 70.2 Å². The Bertz CT molecular complexity index is 420. The molecule has 0 aliphatic carbocycles. The van der Waals surface area contributed by atoms with E-state index in [1.54, 1.807) is 12.1 Å². The van der Waals surface area contributed by atoms with E-state index >= 15 is 0 Å². The molecule has 0 aliphatic rings. The summed E-state index contributed by atoms with van der Waals surface area (Å²) < 4.78 is 1.15. The summed E-state index contributed by atoms with van der Waals surface area (Å²) in [6.07, 6.45) is 0.833. The van der Waals surface area contributed by atoms with Gasteiger partial charge >= 0.3 is 0 Å². The van der Waals surface area contributed by atoms with E-state index in [-0.39, 0.29) is 0 Å². The molecule has 2 aromatic carbocycles. The molecule has 1 nitrogen and oxygen atoms in total. The Morgan fingerprint density at radius 3 is 2.06 bits per heavy atom. The van der Waals surface area contributed by atoms with E-state index in [1.165, 1.54) is 5.56 Å². The number of hydrogen-bond acceptors (Lipinski definition) is 1. The Hall–Kier alpha value is -1.41. The zero-order valence-electron chi connectivity index (χ0n) is 9.06. The molecule has 0 spiro atoms. The van der Waals surface area contributed by atoms with Gasteiger partial charge in [-0.25, -0.2) is 0 Å². The van der Waals surface area contributed by atoms with Crippen molar-refractivity contribution in [2.75, 3.05) is 0 Å². The zero-order chi connectivity index (χ0) is 11.8. The van der Waals surface area contributed by atoms with Gasteiger partial charge in [-0.05, 0) is 19.1 Å². The van der Waals surface area contributed by atoms with Crippen molar-refractivity contribution in [2.24, 2.45) is 0 Å². The highest BCUT2D eigenvalue weighted by Gasteiger charge is 1.82. The van der Waals surface area contributed by atoms with E-state index in [4.69, 9.17) is 0 Å². The molecule has 0 heterocycles. The van der Waals surface area contributed by atoms with Gasteiger partial charge in [0.15, 0.2) is 0 Å². The third-order valence-electron chi connectivity index (χ3n) is 1.92. The number of carbonyl (C=O) groups excluding carboxylic acids is 1. The Balaban J connectivity index is 0.000000160. The monoisotopic (exact) mass is 276 g/mol. The van der Waals surface area contributed by atoms with Crippen LogP contribution in [0.4, 0.5) is 0 Å². The second-order valence-corrected chi connectivity index (χ2v) is 4.24. The normalized spacial score (nSPS) is 8.88. The molecule has 2 heteroatoms. The third-order valence-corrected chi connectivity index (χ3v) is 2.41. The summed E-state index contributed by atoms with van der Waals surface area (Å²) >= 11 is 3.36. The van der Waals surface area contributed by atoms with E-state index in [9.17, 15) is 4.79 Å². The summed E-state index contributed by atoms with van der Waals surface area (Å²) in [7, 11) is 0. The fourth-order valence-corrected chi connectivity index (χ4v) is 1.65. The lowest BCUT2D eigenvalue weighted by Crippen LogP contribution is -1.73. The highest BCUT2D eigenvalue weighted by atomic mass is 79.9. The van der Waals surface area contributed by atoms with Crippen molar-refractivity contribution in [1.82, 2.24) is 0 Å². The van der Waals surface area contributed by atoms with Gasteiger partial charge in [-0.15, -0.1) is 0 Å². The quantitative estimate of drug-likeness (QED) is 0.712. The first-order valence-electron chi connectivity index (χ1n) is 4.95. The van der Waals surface area contributed by atoms with Gasteiger partial charge in [0, 0.05) is 10.0 Å². The highest BCUT2D eigenvalue weighted by Crippen LogP contribution is 2.09. The van der Waals surface area contributed by atoms with Crippen LogP contribution in [-0.4, -0.2) is 6.29 Å². The average molecular weight is 277 g/mol. The Kier molecular flexibility index (Phi) is 5.51. The molecule has 2 aromatic rings. The van der Waals surface area contributed by atoms with Crippen LogP contribution >= 0.6 is 15.9 Å². The minimum Gasteiger partial charge on any atom is -0.298 e. The summed E-state index contributed by atoms with van der Waals surface area (Å²) in [6.45, 7) is 2.07. The Morgan fingerprint density at radius 1 is 1.00 bits per heavy atom. The zero-order valence-corrected chi connectivity index (χ0v) is 10.6. The van der Waals surface area contributed by atoms with E-state index in [0.717, 1.165) is 16.3 Å². The number of halogens is 1.